The van der Waals surface area contributed by atoms with Crippen LogP contribution in [0.2, 0.25) is 0 Å². The van der Waals surface area contributed by atoms with Gasteiger partial charge in [0, 0.05) is 13.1 Å². The Balaban J connectivity index is 2.56. The number of hydrogen-bond acceptors (Lipinski definition) is 3. The summed E-state index contributed by atoms with van der Waals surface area (Å²) in [5.74, 6) is 0.612. The normalized spacial score (nSPS) is 9.57. The van der Waals surface area contributed by atoms with Crippen LogP contribution >= 0.6 is 12.2 Å². The predicted octanol–water partition coefficient (Wildman–Crippen LogP) is 2.31. The van der Waals surface area contributed by atoms with E-state index < -0.39 is 0 Å². The van der Waals surface area contributed by atoms with Crippen LogP contribution in [-0.4, -0.2) is 36.1 Å². The van der Waals surface area contributed by atoms with Crippen LogP contribution in [0, 0.1) is 0 Å². The summed E-state index contributed by atoms with van der Waals surface area (Å²) in [6, 6.07) is 7.35. The molecule has 0 saturated carbocycles. The molecule has 0 atom stereocenters. The monoisotopic (exact) mass is 304 g/mol. The van der Waals surface area contributed by atoms with E-state index in [2.05, 4.69) is 18.5 Å². The van der Waals surface area contributed by atoms with E-state index in [4.69, 9.17) is 17.0 Å². The number of carbonyl (C=O) groups is 1. The van der Waals surface area contributed by atoms with Crippen molar-refractivity contribution in [3.63, 3.8) is 0 Å². The molecule has 1 aromatic carbocycles. The third-order valence-electron chi connectivity index (χ3n) is 2.76. The molecule has 1 aromatic rings. The summed E-state index contributed by atoms with van der Waals surface area (Å²) in [6.07, 6.45) is 3.72. The summed E-state index contributed by atoms with van der Waals surface area (Å²) in [7, 11) is 1.61. The lowest BCUT2D eigenvalue weighted by Crippen LogP contribution is -2.43. The Labute approximate surface area is 131 Å². The van der Waals surface area contributed by atoms with Gasteiger partial charge in [0.15, 0.2) is 5.11 Å². The maximum atomic E-state index is 12.0. The van der Waals surface area contributed by atoms with Crippen LogP contribution in [0.3, 0.4) is 0 Å². The van der Waals surface area contributed by atoms with Gasteiger partial charge in [-0.2, -0.15) is 0 Å². The summed E-state index contributed by atoms with van der Waals surface area (Å²) in [6.45, 7) is 8.46. The van der Waals surface area contributed by atoms with Crippen molar-refractivity contribution >= 4 is 23.2 Å². The summed E-state index contributed by atoms with van der Waals surface area (Å²) < 4.78 is 5.08. The minimum Gasteiger partial charge on any atom is -0.497 e. The average Bonchev–Trinajstić information content (AvgIpc) is 2.47. The van der Waals surface area contributed by atoms with Crippen molar-refractivity contribution in [3.8, 4) is 5.75 Å². The van der Waals surface area contributed by atoms with Crippen LogP contribution < -0.4 is 10.1 Å². The number of benzene rings is 1. The van der Waals surface area contributed by atoms with Crippen molar-refractivity contribution in [2.24, 2.45) is 0 Å². The zero-order valence-electron chi connectivity index (χ0n) is 12.2. The van der Waals surface area contributed by atoms with Crippen molar-refractivity contribution in [3.05, 3.63) is 55.1 Å². The number of nitrogens with zero attached hydrogens (tertiary/aromatic N) is 1. The van der Waals surface area contributed by atoms with Crippen LogP contribution in [0.1, 0.15) is 5.56 Å². The first-order valence-corrected chi connectivity index (χ1v) is 6.95. The number of methoxy groups -OCH3 is 1. The molecule has 0 aromatic heterocycles. The number of nitrogens with one attached hydrogen (secondary N) is 1. The first-order chi connectivity index (χ1) is 10.1. The summed E-state index contributed by atoms with van der Waals surface area (Å²) in [5.41, 5.74) is 0.898. The highest BCUT2D eigenvalue weighted by Crippen LogP contribution is 2.11. The molecule has 0 spiro atoms. The van der Waals surface area contributed by atoms with E-state index in [0.717, 1.165) is 11.3 Å². The SMILES string of the molecule is C=CCN(CC=C)C(=S)NC(=O)Cc1ccc(OC)cc1. The van der Waals surface area contributed by atoms with Gasteiger partial charge in [0.2, 0.25) is 5.91 Å². The van der Waals surface area contributed by atoms with Crippen molar-refractivity contribution in [1.82, 2.24) is 10.2 Å². The van der Waals surface area contributed by atoms with E-state index >= 15 is 0 Å². The maximum Gasteiger partial charge on any atom is 0.230 e. The number of amides is 1. The first kappa shape index (κ1) is 16.9. The number of thiocarbonyl (C=S) groups is 1. The molecule has 1 rings (SSSR count). The molecule has 0 aliphatic heterocycles. The van der Waals surface area contributed by atoms with Crippen LogP contribution in [-0.2, 0) is 11.2 Å². The quantitative estimate of drug-likeness (QED) is 0.620. The second-order valence-corrected chi connectivity index (χ2v) is 4.75. The Morgan fingerprint density at radius 2 is 1.86 bits per heavy atom. The largest absolute Gasteiger partial charge is 0.497 e. The Morgan fingerprint density at radius 1 is 1.29 bits per heavy atom. The Morgan fingerprint density at radius 3 is 2.33 bits per heavy atom. The van der Waals surface area contributed by atoms with E-state index in [1.54, 1.807) is 24.2 Å². The highest BCUT2D eigenvalue weighted by molar-refractivity contribution is 7.80. The molecule has 0 bridgehead atoms. The van der Waals surface area contributed by atoms with Crippen molar-refractivity contribution < 1.29 is 9.53 Å². The fourth-order valence-corrected chi connectivity index (χ4v) is 1.99. The number of hydrogen-bond donors (Lipinski definition) is 1. The summed E-state index contributed by atoms with van der Waals surface area (Å²) in [4.78, 5) is 13.8. The van der Waals surface area contributed by atoms with Gasteiger partial charge in [-0.3, -0.25) is 4.79 Å². The lowest BCUT2D eigenvalue weighted by atomic mass is 10.1. The fourth-order valence-electron chi connectivity index (χ4n) is 1.72. The second kappa shape index (κ2) is 8.92. The minimum atomic E-state index is -0.150. The van der Waals surface area contributed by atoms with Crippen LogP contribution in [0.4, 0.5) is 0 Å². The molecule has 0 aliphatic carbocycles. The van der Waals surface area contributed by atoms with E-state index in [0.29, 0.717) is 18.2 Å². The van der Waals surface area contributed by atoms with E-state index in [9.17, 15) is 4.79 Å². The highest BCUT2D eigenvalue weighted by Gasteiger charge is 2.10. The smallest absolute Gasteiger partial charge is 0.230 e. The van der Waals surface area contributed by atoms with Crippen molar-refractivity contribution in [1.29, 1.82) is 0 Å². The molecule has 4 nitrogen and oxygen atoms in total. The van der Waals surface area contributed by atoms with Crippen LogP contribution in [0.25, 0.3) is 0 Å². The molecule has 0 saturated heterocycles. The lowest BCUT2D eigenvalue weighted by Gasteiger charge is -2.22. The van der Waals surface area contributed by atoms with Crippen LogP contribution in [0.5, 0.6) is 5.75 Å². The van der Waals surface area contributed by atoms with Crippen molar-refractivity contribution in [2.75, 3.05) is 20.2 Å². The molecule has 1 N–H and O–H groups in total. The number of rotatable bonds is 7. The van der Waals surface area contributed by atoms with Gasteiger partial charge in [0.1, 0.15) is 5.75 Å². The third kappa shape index (κ3) is 5.79. The Bertz CT molecular complexity index is 502. The maximum absolute atomic E-state index is 12.0. The van der Waals surface area contributed by atoms with E-state index in [-0.39, 0.29) is 12.3 Å². The molecule has 5 heteroatoms. The minimum absolute atomic E-state index is 0.150. The summed E-state index contributed by atoms with van der Waals surface area (Å²) >= 11 is 5.22. The molecule has 0 fully saturated rings. The molecular formula is C16H20N2O2S. The van der Waals surface area contributed by atoms with Gasteiger partial charge in [-0.05, 0) is 29.9 Å². The fraction of sp³-hybridized carbons (Fsp3) is 0.250. The van der Waals surface area contributed by atoms with Gasteiger partial charge in [-0.25, -0.2) is 0 Å². The van der Waals surface area contributed by atoms with Gasteiger partial charge >= 0.3 is 0 Å². The average molecular weight is 304 g/mol. The van der Waals surface area contributed by atoms with Gasteiger partial charge in [-0.1, -0.05) is 24.3 Å². The predicted molar refractivity (Wildman–Crippen MR) is 89.4 cm³/mol. The molecule has 0 heterocycles. The molecule has 0 aliphatic rings. The Kier molecular flexibility index (Phi) is 7.18. The zero-order valence-corrected chi connectivity index (χ0v) is 13.0. The zero-order chi connectivity index (χ0) is 15.7. The van der Waals surface area contributed by atoms with Gasteiger partial charge in [0.25, 0.3) is 0 Å². The van der Waals surface area contributed by atoms with Crippen LogP contribution in [0.15, 0.2) is 49.6 Å². The van der Waals surface area contributed by atoms with E-state index in [1.165, 1.54) is 0 Å². The van der Waals surface area contributed by atoms with Gasteiger partial charge in [0.05, 0.1) is 13.5 Å². The Hall–Kier alpha value is -2.14. The van der Waals surface area contributed by atoms with Crippen molar-refractivity contribution in [2.45, 2.75) is 6.42 Å². The molecule has 112 valence electrons. The third-order valence-corrected chi connectivity index (χ3v) is 3.12. The summed E-state index contributed by atoms with van der Waals surface area (Å²) in [5, 5.41) is 3.10. The number of carbonyl (C=O) groups excluding carboxylic acids is 1. The molecule has 1 amide bonds. The molecular weight excluding hydrogens is 284 g/mol. The van der Waals surface area contributed by atoms with Gasteiger partial charge in [-0.15, -0.1) is 13.2 Å². The first-order valence-electron chi connectivity index (χ1n) is 6.54. The van der Waals surface area contributed by atoms with E-state index in [1.807, 2.05) is 24.3 Å². The highest BCUT2D eigenvalue weighted by atomic mass is 32.1. The topological polar surface area (TPSA) is 41.6 Å². The second-order valence-electron chi connectivity index (χ2n) is 4.36. The number of ether oxygens (including phenoxy) is 1. The standard InChI is InChI=1S/C16H20N2O2S/c1-4-10-18(11-5-2)16(21)17-15(19)12-13-6-8-14(20-3)9-7-13/h4-9H,1-2,10-12H2,3H3,(H,17,19,21). The van der Waals surface area contributed by atoms with Gasteiger partial charge < -0.3 is 15.0 Å². The molecule has 21 heavy (non-hydrogen) atoms. The molecule has 0 radical (unpaired) electrons. The molecule has 0 unspecified atom stereocenters. The lowest BCUT2D eigenvalue weighted by molar-refractivity contribution is -0.119.